The molecule has 4 rings (SSSR count). The molecule has 332 valence electrons. The van der Waals surface area contributed by atoms with Crippen LogP contribution in [0.5, 0.6) is 5.75 Å². The number of benzene rings is 2. The van der Waals surface area contributed by atoms with E-state index in [1.165, 1.54) is 0 Å². The van der Waals surface area contributed by atoms with Crippen molar-refractivity contribution in [2.75, 3.05) is 60.0 Å². The average molecular weight is 879 g/mol. The van der Waals surface area contributed by atoms with E-state index in [2.05, 4.69) is 20.9 Å². The smallest absolute Gasteiger partial charge is 0.409 e. The predicted molar refractivity (Wildman–Crippen MR) is 229 cm³/mol. The van der Waals surface area contributed by atoms with E-state index in [9.17, 15) is 19.2 Å². The molecule has 2 unspecified atom stereocenters. The van der Waals surface area contributed by atoms with E-state index >= 15 is 0 Å². The number of hydrogen-bond donors (Lipinski definition) is 5. The third-order valence-electron chi connectivity index (χ3n) is 10.8. The summed E-state index contributed by atoms with van der Waals surface area (Å²) in [5, 5.41) is 10.1. The summed E-state index contributed by atoms with van der Waals surface area (Å²) in [7, 11) is 1.62. The van der Waals surface area contributed by atoms with Gasteiger partial charge in [-0.05, 0) is 54.0 Å². The molecular weight excluding hydrogens is 817 g/mol. The van der Waals surface area contributed by atoms with Crippen molar-refractivity contribution in [3.05, 3.63) is 63.3 Å². The standard InChI is InChI=1S/C43H61Cl2N5O10/c1-6-27(3)37(40(46)52)49-42(54)60-43(15-14-34-32(26-43)31-24-30(44)25-33(45)39(31)47-34)50-41(53)38(28(4)7-2)48-36(51)13-12-29-10-8-9-11-35(29)59-23-22-58-21-20-57-19-18-56-17-16-55-5/h8-11,24-25,27-28,37-38,47H,6-7,12-23,26H2,1-5H3,(H2,46,52)(H,48,51)(H,49,54)(H,50,53)/t27-,28?,37?,38-,43+/m0/s1. The molecule has 0 spiro atoms. The van der Waals surface area contributed by atoms with Crippen molar-refractivity contribution in [2.45, 2.75) is 90.4 Å². The van der Waals surface area contributed by atoms with Gasteiger partial charge in [-0.1, -0.05) is 81.9 Å². The monoisotopic (exact) mass is 877 g/mol. The van der Waals surface area contributed by atoms with Gasteiger partial charge in [0.1, 0.15) is 24.4 Å². The minimum Gasteiger partial charge on any atom is -0.491 e. The summed E-state index contributed by atoms with van der Waals surface area (Å²) >= 11 is 12.9. The number of alkyl carbamates (subject to hydrolysis) is 1. The molecule has 4 amide bonds. The first-order valence-corrected chi connectivity index (χ1v) is 21.4. The van der Waals surface area contributed by atoms with Gasteiger partial charge < -0.3 is 55.1 Å². The van der Waals surface area contributed by atoms with Crippen LogP contribution in [0.25, 0.3) is 10.9 Å². The lowest BCUT2D eigenvalue weighted by Crippen LogP contribution is -2.62. The van der Waals surface area contributed by atoms with Crippen molar-refractivity contribution < 1.29 is 47.6 Å². The van der Waals surface area contributed by atoms with Crippen LogP contribution >= 0.6 is 23.2 Å². The number of nitrogens with one attached hydrogen (secondary N) is 4. The number of rotatable bonds is 26. The van der Waals surface area contributed by atoms with Gasteiger partial charge in [-0.3, -0.25) is 14.4 Å². The molecule has 15 nitrogen and oxygen atoms in total. The Kier molecular flexibility index (Phi) is 19.7. The van der Waals surface area contributed by atoms with Crippen LogP contribution in [0.4, 0.5) is 4.79 Å². The fourth-order valence-electron chi connectivity index (χ4n) is 6.97. The summed E-state index contributed by atoms with van der Waals surface area (Å²) in [6, 6.07) is 8.90. The number of hydrogen-bond acceptors (Lipinski definition) is 10. The van der Waals surface area contributed by atoms with E-state index in [0.29, 0.717) is 99.8 Å². The molecule has 0 saturated heterocycles. The molecule has 2 aromatic carbocycles. The normalized spacial score (nSPS) is 16.9. The number of nitrogens with two attached hydrogens (primary N) is 1. The number of carbonyl (C=O) groups is 4. The summed E-state index contributed by atoms with van der Waals surface area (Å²) in [4.78, 5) is 57.2. The number of aromatic amines is 1. The Hall–Kier alpha value is -4.12. The first-order valence-electron chi connectivity index (χ1n) is 20.6. The lowest BCUT2D eigenvalue weighted by atomic mass is 9.87. The molecule has 0 saturated carbocycles. The summed E-state index contributed by atoms with van der Waals surface area (Å²) < 4.78 is 33.5. The molecule has 0 aliphatic heterocycles. The number of para-hydroxylation sites is 1. The van der Waals surface area contributed by atoms with Gasteiger partial charge >= 0.3 is 6.09 Å². The first-order chi connectivity index (χ1) is 28.8. The number of halogens is 2. The van der Waals surface area contributed by atoms with Crippen molar-refractivity contribution in [2.24, 2.45) is 17.6 Å². The highest BCUT2D eigenvalue weighted by Gasteiger charge is 2.44. The quantitative estimate of drug-likeness (QED) is 0.0497. The topological polar surface area (TPSA) is 202 Å². The SMILES string of the molecule is CCC(C)[C@H](NC(=O)CCc1ccccc1OCCOCCOCCOCCOC)C(=O)N[C@@]1(OC(=O)NC(C(N)=O)[C@@H](C)CC)CCc2[nH]c3c(Cl)cc(Cl)cc3c2C1. The zero-order chi connectivity index (χ0) is 43.7. The summed E-state index contributed by atoms with van der Waals surface area (Å²) in [5.74, 6) is -1.49. The van der Waals surface area contributed by atoms with Gasteiger partial charge in [0.2, 0.25) is 17.7 Å². The second-order valence-corrected chi connectivity index (χ2v) is 15.9. The van der Waals surface area contributed by atoms with E-state index in [4.69, 9.17) is 57.4 Å². The number of methoxy groups -OCH3 is 1. The van der Waals surface area contributed by atoms with Crippen LogP contribution in [0.2, 0.25) is 10.0 Å². The number of fused-ring (bicyclic) bond motifs is 3. The van der Waals surface area contributed by atoms with Crippen LogP contribution in [-0.2, 0) is 57.3 Å². The van der Waals surface area contributed by atoms with E-state index in [1.807, 2.05) is 45.0 Å². The van der Waals surface area contributed by atoms with E-state index in [1.54, 1.807) is 26.2 Å². The molecule has 1 aromatic heterocycles. The third kappa shape index (κ3) is 14.2. The van der Waals surface area contributed by atoms with Crippen LogP contribution in [0.3, 0.4) is 0 Å². The van der Waals surface area contributed by atoms with Crippen molar-refractivity contribution in [3.8, 4) is 5.75 Å². The highest BCUT2D eigenvalue weighted by Crippen LogP contribution is 2.38. The summed E-state index contributed by atoms with van der Waals surface area (Å²) in [5.41, 5.74) is 7.21. The van der Waals surface area contributed by atoms with Crippen molar-refractivity contribution in [3.63, 3.8) is 0 Å². The maximum absolute atomic E-state index is 14.4. The maximum Gasteiger partial charge on any atom is 0.409 e. The molecule has 5 atom stereocenters. The van der Waals surface area contributed by atoms with Gasteiger partial charge in [0.15, 0.2) is 5.72 Å². The van der Waals surface area contributed by atoms with Crippen LogP contribution < -0.4 is 26.4 Å². The molecule has 60 heavy (non-hydrogen) atoms. The fraction of sp³-hybridized carbons (Fsp3) is 0.581. The van der Waals surface area contributed by atoms with Crippen molar-refractivity contribution >= 4 is 57.9 Å². The van der Waals surface area contributed by atoms with Gasteiger partial charge in [-0.15, -0.1) is 0 Å². The Morgan fingerprint density at radius 2 is 1.50 bits per heavy atom. The van der Waals surface area contributed by atoms with E-state index < -0.39 is 35.7 Å². The minimum absolute atomic E-state index is 0.0601. The van der Waals surface area contributed by atoms with Crippen LogP contribution in [0, 0.1) is 11.8 Å². The average Bonchev–Trinajstić information content (AvgIpc) is 3.58. The van der Waals surface area contributed by atoms with Gasteiger partial charge in [-0.25, -0.2) is 4.79 Å². The summed E-state index contributed by atoms with van der Waals surface area (Å²) in [6.45, 7) is 11.0. The lowest BCUT2D eigenvalue weighted by molar-refractivity contribution is -0.137. The Morgan fingerprint density at radius 3 is 2.15 bits per heavy atom. The number of carbonyl (C=O) groups excluding carboxylic acids is 4. The number of aromatic nitrogens is 1. The second-order valence-electron chi connectivity index (χ2n) is 15.1. The zero-order valence-electron chi connectivity index (χ0n) is 35.3. The maximum atomic E-state index is 14.4. The molecule has 0 bridgehead atoms. The molecule has 17 heteroatoms. The van der Waals surface area contributed by atoms with Gasteiger partial charge in [0.05, 0.1) is 56.8 Å². The largest absolute Gasteiger partial charge is 0.491 e. The first kappa shape index (κ1) is 48.5. The lowest BCUT2D eigenvalue weighted by Gasteiger charge is -2.39. The number of aryl methyl sites for hydroxylation is 2. The number of amides is 4. The Morgan fingerprint density at radius 1 is 0.867 bits per heavy atom. The van der Waals surface area contributed by atoms with Gasteiger partial charge in [-0.2, -0.15) is 0 Å². The van der Waals surface area contributed by atoms with E-state index in [-0.39, 0.29) is 37.0 Å². The highest BCUT2D eigenvalue weighted by molar-refractivity contribution is 6.38. The van der Waals surface area contributed by atoms with Crippen molar-refractivity contribution in [1.29, 1.82) is 0 Å². The molecule has 0 radical (unpaired) electrons. The van der Waals surface area contributed by atoms with Crippen molar-refractivity contribution in [1.82, 2.24) is 20.9 Å². The second kappa shape index (κ2) is 24.4. The van der Waals surface area contributed by atoms with Crippen LogP contribution in [0.15, 0.2) is 36.4 Å². The molecule has 1 heterocycles. The Bertz CT molecular complexity index is 1880. The summed E-state index contributed by atoms with van der Waals surface area (Å²) in [6.07, 6.45) is 1.29. The van der Waals surface area contributed by atoms with Gasteiger partial charge in [0.25, 0.3) is 0 Å². The van der Waals surface area contributed by atoms with Crippen LogP contribution in [-0.4, -0.2) is 107 Å². The molecule has 3 aromatic rings. The molecule has 6 N–H and O–H groups in total. The molecule has 1 aliphatic rings. The highest BCUT2D eigenvalue weighted by atomic mass is 35.5. The van der Waals surface area contributed by atoms with E-state index in [0.717, 1.165) is 22.2 Å². The molecule has 0 fully saturated rings. The number of ether oxygens (including phenoxy) is 6. The molecular formula is C43H61Cl2N5O10. The predicted octanol–water partition coefficient (Wildman–Crippen LogP) is 5.64. The van der Waals surface area contributed by atoms with Gasteiger partial charge in [0, 0.05) is 42.5 Å². The Labute approximate surface area is 362 Å². The number of primary amides is 1. The van der Waals surface area contributed by atoms with Crippen LogP contribution in [0.1, 0.15) is 70.2 Å². The molecule has 1 aliphatic carbocycles. The zero-order valence-corrected chi connectivity index (χ0v) is 36.8. The number of H-pyrrole nitrogens is 1. The third-order valence-corrected chi connectivity index (χ3v) is 11.3. The minimum atomic E-state index is -1.57. The Balaban J connectivity index is 1.41. The fourth-order valence-corrected chi connectivity index (χ4v) is 7.51.